The number of nitrogens with one attached hydrogen (secondary N) is 2. The lowest BCUT2D eigenvalue weighted by Gasteiger charge is -2.12. The van der Waals surface area contributed by atoms with E-state index in [2.05, 4.69) is 10.6 Å². The third-order valence-electron chi connectivity index (χ3n) is 4.04. The van der Waals surface area contributed by atoms with Gasteiger partial charge in [0.05, 0.1) is 10.6 Å². The van der Waals surface area contributed by atoms with Crippen LogP contribution in [0.1, 0.15) is 11.1 Å². The summed E-state index contributed by atoms with van der Waals surface area (Å²) in [5.41, 5.74) is 2.83. The third-order valence-corrected chi connectivity index (χ3v) is 4.04. The minimum Gasteiger partial charge on any atom is -0.378 e. The molecule has 0 aliphatic carbocycles. The number of nitro groups is 1. The van der Waals surface area contributed by atoms with Gasteiger partial charge in [0.1, 0.15) is 0 Å². The van der Waals surface area contributed by atoms with Crippen LogP contribution in [0.2, 0.25) is 0 Å². The van der Waals surface area contributed by atoms with Crippen LogP contribution in [0.5, 0.6) is 0 Å². The summed E-state index contributed by atoms with van der Waals surface area (Å²) >= 11 is 0. The molecule has 0 spiro atoms. The fraction of sp³-hybridized carbons (Fsp3) is 0.263. The maximum Gasteiger partial charge on any atom is 0.313 e. The second-order valence-electron chi connectivity index (χ2n) is 6.28. The number of hydrogen-bond acceptors (Lipinski definition) is 5. The first-order valence-electron chi connectivity index (χ1n) is 8.38. The monoisotopic (exact) mass is 370 g/mol. The Morgan fingerprint density at radius 2 is 1.74 bits per heavy atom. The van der Waals surface area contributed by atoms with Crippen molar-refractivity contribution in [1.29, 1.82) is 0 Å². The third kappa shape index (κ3) is 5.53. The van der Waals surface area contributed by atoms with Gasteiger partial charge in [0.15, 0.2) is 0 Å². The molecule has 0 bridgehead atoms. The first-order valence-corrected chi connectivity index (χ1v) is 8.38. The molecule has 0 aliphatic heterocycles. The summed E-state index contributed by atoms with van der Waals surface area (Å²) in [6.07, 6.45) is 0.586. The molecule has 2 N–H and O–H groups in total. The van der Waals surface area contributed by atoms with Gasteiger partial charge < -0.3 is 15.5 Å². The molecule has 27 heavy (non-hydrogen) atoms. The Bertz CT molecular complexity index is 847. The van der Waals surface area contributed by atoms with Crippen LogP contribution in [0.4, 0.5) is 17.1 Å². The molecular weight excluding hydrogens is 348 g/mol. The van der Waals surface area contributed by atoms with Crippen molar-refractivity contribution in [3.05, 3.63) is 63.7 Å². The van der Waals surface area contributed by atoms with E-state index in [1.54, 1.807) is 6.92 Å². The number of benzene rings is 2. The Morgan fingerprint density at radius 3 is 2.33 bits per heavy atom. The topological polar surface area (TPSA) is 105 Å². The Labute approximate surface area is 157 Å². The molecule has 0 aromatic heterocycles. The molecule has 2 aromatic carbocycles. The molecule has 0 unspecified atom stereocenters. The molecule has 0 fully saturated rings. The lowest BCUT2D eigenvalue weighted by molar-refractivity contribution is -0.384. The largest absolute Gasteiger partial charge is 0.378 e. The zero-order valence-electron chi connectivity index (χ0n) is 15.5. The fourth-order valence-corrected chi connectivity index (χ4v) is 2.40. The molecular formula is C19H22N4O4. The summed E-state index contributed by atoms with van der Waals surface area (Å²) in [5, 5.41) is 15.8. The molecule has 0 heterocycles. The number of anilines is 2. The highest BCUT2D eigenvalue weighted by atomic mass is 16.6. The van der Waals surface area contributed by atoms with Gasteiger partial charge in [-0.1, -0.05) is 18.2 Å². The van der Waals surface area contributed by atoms with E-state index in [1.165, 1.54) is 18.2 Å². The molecule has 142 valence electrons. The van der Waals surface area contributed by atoms with Crippen LogP contribution in [0.25, 0.3) is 0 Å². The highest BCUT2D eigenvalue weighted by molar-refractivity contribution is 6.39. The van der Waals surface area contributed by atoms with Gasteiger partial charge >= 0.3 is 11.8 Å². The highest BCUT2D eigenvalue weighted by Gasteiger charge is 2.16. The molecule has 0 radical (unpaired) electrons. The van der Waals surface area contributed by atoms with Crippen LogP contribution >= 0.6 is 0 Å². The fourth-order valence-electron chi connectivity index (χ4n) is 2.40. The van der Waals surface area contributed by atoms with Crippen molar-refractivity contribution >= 4 is 28.9 Å². The number of carbonyl (C=O) groups excluding carboxylic acids is 2. The van der Waals surface area contributed by atoms with Gasteiger partial charge in [-0.2, -0.15) is 0 Å². The summed E-state index contributed by atoms with van der Waals surface area (Å²) in [6, 6.07) is 12.0. The first kappa shape index (κ1) is 19.9. The van der Waals surface area contributed by atoms with Crippen molar-refractivity contribution < 1.29 is 14.5 Å². The van der Waals surface area contributed by atoms with Gasteiger partial charge in [-0.3, -0.25) is 19.7 Å². The number of amides is 2. The predicted octanol–water partition coefficient (Wildman–Crippen LogP) is 2.27. The minimum atomic E-state index is -0.860. The van der Waals surface area contributed by atoms with E-state index in [0.29, 0.717) is 18.5 Å². The average molecular weight is 370 g/mol. The van der Waals surface area contributed by atoms with Crippen molar-refractivity contribution in [1.82, 2.24) is 5.32 Å². The molecule has 0 aliphatic rings. The van der Waals surface area contributed by atoms with Gasteiger partial charge in [0, 0.05) is 38.5 Å². The zero-order valence-corrected chi connectivity index (χ0v) is 15.5. The van der Waals surface area contributed by atoms with Crippen molar-refractivity contribution in [3.63, 3.8) is 0 Å². The molecule has 2 amide bonds. The Kier molecular flexibility index (Phi) is 6.48. The normalized spacial score (nSPS) is 10.2. The summed E-state index contributed by atoms with van der Waals surface area (Å²) < 4.78 is 0. The number of nitro benzene ring substituents is 1. The van der Waals surface area contributed by atoms with E-state index in [0.717, 1.165) is 11.3 Å². The molecule has 2 rings (SSSR count). The molecule has 2 aromatic rings. The van der Waals surface area contributed by atoms with E-state index in [-0.39, 0.29) is 11.4 Å². The van der Waals surface area contributed by atoms with E-state index in [1.807, 2.05) is 43.3 Å². The van der Waals surface area contributed by atoms with Crippen molar-refractivity contribution in [2.45, 2.75) is 13.3 Å². The van der Waals surface area contributed by atoms with Crippen LogP contribution in [-0.2, 0) is 16.0 Å². The number of aryl methyl sites for hydroxylation is 1. The second kappa shape index (κ2) is 8.79. The van der Waals surface area contributed by atoms with E-state index >= 15 is 0 Å². The van der Waals surface area contributed by atoms with Gasteiger partial charge in [-0.25, -0.2) is 0 Å². The molecule has 8 nitrogen and oxygen atoms in total. The molecule has 8 heteroatoms. The predicted molar refractivity (Wildman–Crippen MR) is 104 cm³/mol. The van der Waals surface area contributed by atoms with Gasteiger partial charge in [0.25, 0.3) is 5.69 Å². The zero-order chi connectivity index (χ0) is 20.0. The average Bonchev–Trinajstić information content (AvgIpc) is 2.63. The number of nitrogens with zero attached hydrogens (tertiary/aromatic N) is 2. The SMILES string of the molecule is Cc1ccc([N+](=O)[O-])cc1NC(=O)C(=O)NCCc1ccc(N(C)C)cc1. The maximum absolute atomic E-state index is 12.0. The minimum absolute atomic E-state index is 0.155. The lowest BCUT2D eigenvalue weighted by Crippen LogP contribution is -2.36. The Balaban J connectivity index is 1.88. The Hall–Kier alpha value is -3.42. The van der Waals surface area contributed by atoms with E-state index in [9.17, 15) is 19.7 Å². The van der Waals surface area contributed by atoms with Gasteiger partial charge in [-0.15, -0.1) is 0 Å². The van der Waals surface area contributed by atoms with Crippen LogP contribution in [0.15, 0.2) is 42.5 Å². The first-order chi connectivity index (χ1) is 12.8. The van der Waals surface area contributed by atoms with E-state index in [4.69, 9.17) is 0 Å². The summed E-state index contributed by atoms with van der Waals surface area (Å²) in [4.78, 5) is 36.2. The number of rotatable bonds is 6. The highest BCUT2D eigenvalue weighted by Crippen LogP contribution is 2.21. The summed E-state index contributed by atoms with van der Waals surface area (Å²) in [5.74, 6) is -1.65. The number of carbonyl (C=O) groups is 2. The van der Waals surface area contributed by atoms with E-state index < -0.39 is 16.7 Å². The number of non-ortho nitro benzene ring substituents is 1. The van der Waals surface area contributed by atoms with Crippen LogP contribution < -0.4 is 15.5 Å². The number of hydrogen-bond donors (Lipinski definition) is 2. The summed E-state index contributed by atoms with van der Waals surface area (Å²) in [6.45, 7) is 2.00. The van der Waals surface area contributed by atoms with Crippen molar-refractivity contribution in [2.75, 3.05) is 30.9 Å². The van der Waals surface area contributed by atoms with Crippen molar-refractivity contribution in [2.24, 2.45) is 0 Å². The Morgan fingerprint density at radius 1 is 1.07 bits per heavy atom. The van der Waals surface area contributed by atoms with Crippen LogP contribution in [0, 0.1) is 17.0 Å². The second-order valence-corrected chi connectivity index (χ2v) is 6.28. The van der Waals surface area contributed by atoms with Crippen molar-refractivity contribution in [3.8, 4) is 0 Å². The standard InChI is InChI=1S/C19H22N4O4/c1-13-4-7-16(23(26)27)12-17(13)21-19(25)18(24)20-11-10-14-5-8-15(9-6-14)22(2)3/h4-9,12H,10-11H2,1-3H3,(H,20,24)(H,21,25). The summed E-state index contributed by atoms with van der Waals surface area (Å²) in [7, 11) is 3.91. The molecule has 0 saturated carbocycles. The van der Waals surface area contributed by atoms with Crippen LogP contribution in [0.3, 0.4) is 0 Å². The lowest BCUT2D eigenvalue weighted by atomic mass is 10.1. The maximum atomic E-state index is 12.0. The van der Waals surface area contributed by atoms with Gasteiger partial charge in [-0.05, 0) is 36.6 Å². The smallest absolute Gasteiger partial charge is 0.313 e. The van der Waals surface area contributed by atoms with Gasteiger partial charge in [0.2, 0.25) is 0 Å². The molecule has 0 atom stereocenters. The quantitative estimate of drug-likeness (QED) is 0.461. The molecule has 0 saturated heterocycles. The van der Waals surface area contributed by atoms with Crippen LogP contribution in [-0.4, -0.2) is 37.4 Å².